The Balaban J connectivity index is 2.12. The van der Waals surface area contributed by atoms with E-state index in [-0.39, 0.29) is 5.54 Å². The molecule has 0 spiro atoms. The Morgan fingerprint density at radius 1 is 1.57 bits per heavy atom. The number of nitrogens with zero attached hydrogens (tertiary/aromatic N) is 2. The van der Waals surface area contributed by atoms with Crippen LogP contribution in [0.15, 0.2) is 12.4 Å². The molecule has 14 heavy (non-hydrogen) atoms. The van der Waals surface area contributed by atoms with Crippen LogP contribution in [0.3, 0.4) is 0 Å². The Morgan fingerprint density at radius 2 is 2.29 bits per heavy atom. The molecular formula is C10H16ClN3. The van der Waals surface area contributed by atoms with Crippen LogP contribution in [0.5, 0.6) is 0 Å². The summed E-state index contributed by atoms with van der Waals surface area (Å²) in [4.78, 5) is 4.27. The second-order valence-electron chi connectivity index (χ2n) is 4.11. The highest BCUT2D eigenvalue weighted by atomic mass is 35.5. The molecule has 0 aliphatic heterocycles. The lowest BCUT2D eigenvalue weighted by atomic mass is 10.0. The smallest absolute Gasteiger partial charge is 0.202 e. The molecule has 0 unspecified atom stereocenters. The number of aromatic nitrogens is 2. The van der Waals surface area contributed by atoms with Crippen LogP contribution in [0.4, 0.5) is 5.95 Å². The molecular weight excluding hydrogens is 198 g/mol. The maximum atomic E-state index is 6.03. The number of imidazole rings is 1. The van der Waals surface area contributed by atoms with E-state index in [1.807, 2.05) is 17.8 Å². The van der Waals surface area contributed by atoms with Crippen molar-refractivity contribution in [2.45, 2.75) is 31.2 Å². The van der Waals surface area contributed by atoms with Gasteiger partial charge >= 0.3 is 0 Å². The van der Waals surface area contributed by atoms with E-state index in [0.717, 1.165) is 18.8 Å². The molecule has 1 fully saturated rings. The standard InChI is InChI=1S/C10H16ClN3/c1-14-7-6-12-9(14)13-10(8-11)4-2-3-5-10/h6-7H,2-5,8H2,1H3,(H,12,13). The lowest BCUT2D eigenvalue weighted by Crippen LogP contribution is -2.38. The van der Waals surface area contributed by atoms with Gasteiger partial charge in [-0.25, -0.2) is 4.98 Å². The minimum Gasteiger partial charge on any atom is -0.349 e. The summed E-state index contributed by atoms with van der Waals surface area (Å²) in [5.74, 6) is 1.59. The highest BCUT2D eigenvalue weighted by molar-refractivity contribution is 6.18. The van der Waals surface area contributed by atoms with Gasteiger partial charge in [-0.1, -0.05) is 12.8 Å². The fourth-order valence-electron chi connectivity index (χ4n) is 2.07. The lowest BCUT2D eigenvalue weighted by molar-refractivity contribution is 0.531. The second-order valence-corrected chi connectivity index (χ2v) is 4.38. The number of alkyl halides is 1. The van der Waals surface area contributed by atoms with Gasteiger partial charge < -0.3 is 9.88 Å². The van der Waals surface area contributed by atoms with E-state index >= 15 is 0 Å². The third-order valence-electron chi connectivity index (χ3n) is 3.01. The summed E-state index contributed by atoms with van der Waals surface area (Å²) in [6.07, 6.45) is 8.60. The van der Waals surface area contributed by atoms with Gasteiger partial charge in [0.25, 0.3) is 0 Å². The monoisotopic (exact) mass is 213 g/mol. The van der Waals surface area contributed by atoms with E-state index in [0.29, 0.717) is 5.88 Å². The van der Waals surface area contributed by atoms with E-state index in [4.69, 9.17) is 11.6 Å². The van der Waals surface area contributed by atoms with Crippen molar-refractivity contribution in [2.24, 2.45) is 7.05 Å². The van der Waals surface area contributed by atoms with Crippen LogP contribution in [0, 0.1) is 0 Å². The summed E-state index contributed by atoms with van der Waals surface area (Å²) in [6, 6.07) is 0. The van der Waals surface area contributed by atoms with Crippen molar-refractivity contribution in [1.29, 1.82) is 0 Å². The van der Waals surface area contributed by atoms with Crippen LogP contribution in [0.25, 0.3) is 0 Å². The fourth-order valence-corrected chi connectivity index (χ4v) is 2.40. The summed E-state index contributed by atoms with van der Waals surface area (Å²) in [6.45, 7) is 0. The van der Waals surface area contributed by atoms with Crippen molar-refractivity contribution in [3.8, 4) is 0 Å². The average molecular weight is 214 g/mol. The second kappa shape index (κ2) is 3.81. The Labute approximate surface area is 89.5 Å². The number of hydrogen-bond acceptors (Lipinski definition) is 2. The molecule has 1 N–H and O–H groups in total. The van der Waals surface area contributed by atoms with E-state index in [2.05, 4.69) is 10.3 Å². The first kappa shape index (κ1) is 9.84. The molecule has 2 rings (SSSR count). The number of nitrogens with one attached hydrogen (secondary N) is 1. The van der Waals surface area contributed by atoms with Crippen LogP contribution < -0.4 is 5.32 Å². The zero-order chi connectivity index (χ0) is 10.0. The van der Waals surface area contributed by atoms with Crippen molar-refractivity contribution >= 4 is 17.5 Å². The van der Waals surface area contributed by atoms with Crippen LogP contribution in [-0.2, 0) is 7.05 Å². The van der Waals surface area contributed by atoms with Crippen molar-refractivity contribution < 1.29 is 0 Å². The quantitative estimate of drug-likeness (QED) is 0.782. The first-order chi connectivity index (χ1) is 6.76. The number of rotatable bonds is 3. The fraction of sp³-hybridized carbons (Fsp3) is 0.700. The molecule has 0 saturated heterocycles. The summed E-state index contributed by atoms with van der Waals surface area (Å²) < 4.78 is 1.99. The molecule has 78 valence electrons. The van der Waals surface area contributed by atoms with E-state index in [9.17, 15) is 0 Å². The topological polar surface area (TPSA) is 29.9 Å². The Morgan fingerprint density at radius 3 is 2.79 bits per heavy atom. The lowest BCUT2D eigenvalue weighted by Gasteiger charge is -2.28. The van der Waals surface area contributed by atoms with Gasteiger partial charge in [-0.3, -0.25) is 0 Å². The number of halogens is 1. The van der Waals surface area contributed by atoms with Gasteiger partial charge in [0.15, 0.2) is 0 Å². The van der Waals surface area contributed by atoms with Crippen molar-refractivity contribution in [1.82, 2.24) is 9.55 Å². The van der Waals surface area contributed by atoms with Crippen LogP contribution in [0.2, 0.25) is 0 Å². The molecule has 1 heterocycles. The van der Waals surface area contributed by atoms with Gasteiger partial charge in [-0.15, -0.1) is 11.6 Å². The first-order valence-corrected chi connectivity index (χ1v) is 5.61. The number of hydrogen-bond donors (Lipinski definition) is 1. The number of anilines is 1. The Bertz CT molecular complexity index is 302. The minimum atomic E-state index is 0.0840. The molecule has 0 radical (unpaired) electrons. The van der Waals surface area contributed by atoms with Gasteiger partial charge in [-0.2, -0.15) is 0 Å². The number of aryl methyl sites for hydroxylation is 1. The molecule has 0 amide bonds. The zero-order valence-corrected chi connectivity index (χ0v) is 9.22. The summed E-state index contributed by atoms with van der Waals surface area (Å²) >= 11 is 6.03. The van der Waals surface area contributed by atoms with Gasteiger partial charge in [-0.05, 0) is 12.8 Å². The van der Waals surface area contributed by atoms with Gasteiger partial charge in [0.1, 0.15) is 0 Å². The maximum absolute atomic E-state index is 6.03. The molecule has 0 atom stereocenters. The molecule has 1 aromatic heterocycles. The summed E-state index contributed by atoms with van der Waals surface area (Å²) in [5, 5.41) is 3.47. The van der Waals surface area contributed by atoms with Crippen LogP contribution >= 0.6 is 11.6 Å². The molecule has 0 bridgehead atoms. The molecule has 1 aliphatic rings. The Kier molecular flexibility index (Phi) is 2.68. The predicted molar refractivity (Wildman–Crippen MR) is 58.7 cm³/mol. The predicted octanol–water partition coefficient (Wildman–Crippen LogP) is 2.38. The molecule has 1 aromatic rings. The molecule has 0 aromatic carbocycles. The van der Waals surface area contributed by atoms with Crippen molar-refractivity contribution in [3.05, 3.63) is 12.4 Å². The van der Waals surface area contributed by atoms with Crippen LogP contribution in [-0.4, -0.2) is 21.0 Å². The summed E-state index contributed by atoms with van der Waals surface area (Å²) in [7, 11) is 1.99. The third kappa shape index (κ3) is 1.73. The largest absolute Gasteiger partial charge is 0.349 e. The van der Waals surface area contributed by atoms with Crippen molar-refractivity contribution in [2.75, 3.05) is 11.2 Å². The van der Waals surface area contributed by atoms with Crippen LogP contribution in [0.1, 0.15) is 25.7 Å². The Hall–Kier alpha value is -0.700. The minimum absolute atomic E-state index is 0.0840. The van der Waals surface area contributed by atoms with E-state index < -0.39 is 0 Å². The van der Waals surface area contributed by atoms with E-state index in [1.54, 1.807) is 6.20 Å². The normalized spacial score (nSPS) is 19.9. The zero-order valence-electron chi connectivity index (χ0n) is 8.46. The maximum Gasteiger partial charge on any atom is 0.202 e. The average Bonchev–Trinajstić information content (AvgIpc) is 2.79. The molecule has 1 aliphatic carbocycles. The highest BCUT2D eigenvalue weighted by Crippen LogP contribution is 2.33. The summed E-state index contributed by atoms with van der Waals surface area (Å²) in [5.41, 5.74) is 0.0840. The molecule has 1 saturated carbocycles. The first-order valence-electron chi connectivity index (χ1n) is 5.07. The van der Waals surface area contributed by atoms with Gasteiger partial charge in [0.2, 0.25) is 5.95 Å². The van der Waals surface area contributed by atoms with Gasteiger partial charge in [0.05, 0.1) is 5.54 Å². The van der Waals surface area contributed by atoms with E-state index in [1.165, 1.54) is 12.8 Å². The SMILES string of the molecule is Cn1ccnc1NC1(CCl)CCCC1. The van der Waals surface area contributed by atoms with Gasteiger partial charge in [0, 0.05) is 25.3 Å². The van der Waals surface area contributed by atoms with Crippen molar-refractivity contribution in [3.63, 3.8) is 0 Å². The molecule has 3 nitrogen and oxygen atoms in total. The molecule has 4 heteroatoms. The third-order valence-corrected chi connectivity index (χ3v) is 3.53. The highest BCUT2D eigenvalue weighted by Gasteiger charge is 2.33.